The standard InChI is InChI=1S/C26H26N6O/c27-16-21-12-6-7-13-22(21)18-32-25(33)23-24(29-26(32)30-14-8-3-9-15-30)28-19-31(23)17-20-10-4-1-2-5-11-20/h1-2,4-7,10,12-13,19H,3,8-9,11,14-15,17-18H2. The Balaban J connectivity index is 1.63. The normalized spacial score (nSPS) is 16.0. The number of fused-ring (bicyclic) bond motifs is 1. The number of nitriles is 1. The van der Waals surface area contributed by atoms with Crippen molar-refractivity contribution in [2.45, 2.75) is 38.8 Å². The van der Waals surface area contributed by atoms with Gasteiger partial charge < -0.3 is 9.47 Å². The van der Waals surface area contributed by atoms with Crippen molar-refractivity contribution in [2.75, 3.05) is 18.0 Å². The lowest BCUT2D eigenvalue weighted by Crippen LogP contribution is -2.37. The quantitative estimate of drug-likeness (QED) is 0.603. The van der Waals surface area contributed by atoms with Crippen LogP contribution in [0.4, 0.5) is 5.95 Å². The van der Waals surface area contributed by atoms with Gasteiger partial charge in [0.05, 0.1) is 24.5 Å². The first-order chi connectivity index (χ1) is 16.2. The molecular formula is C26H26N6O. The van der Waals surface area contributed by atoms with Gasteiger partial charge in [-0.15, -0.1) is 0 Å². The van der Waals surface area contributed by atoms with Gasteiger partial charge in [0.25, 0.3) is 5.56 Å². The predicted octanol–water partition coefficient (Wildman–Crippen LogP) is 3.95. The van der Waals surface area contributed by atoms with Gasteiger partial charge in [-0.1, -0.05) is 48.6 Å². The Bertz CT molecular complexity index is 1360. The van der Waals surface area contributed by atoms with Gasteiger partial charge in [-0.3, -0.25) is 9.36 Å². The number of benzene rings is 1. The molecule has 0 amide bonds. The zero-order valence-electron chi connectivity index (χ0n) is 18.5. The number of rotatable bonds is 5. The fourth-order valence-electron chi connectivity index (χ4n) is 4.54. The molecule has 1 aromatic carbocycles. The lowest BCUT2D eigenvalue weighted by molar-refractivity contribution is 0.552. The number of imidazole rings is 1. The molecule has 0 atom stereocenters. The summed E-state index contributed by atoms with van der Waals surface area (Å²) in [7, 11) is 0. The van der Waals surface area contributed by atoms with E-state index >= 15 is 0 Å². The third-order valence-corrected chi connectivity index (χ3v) is 6.26. The summed E-state index contributed by atoms with van der Waals surface area (Å²) >= 11 is 0. The first-order valence-corrected chi connectivity index (χ1v) is 11.4. The van der Waals surface area contributed by atoms with Crippen LogP contribution in [-0.4, -0.2) is 32.2 Å². The number of allylic oxidation sites excluding steroid dienone is 6. The first-order valence-electron chi connectivity index (χ1n) is 11.4. The van der Waals surface area contributed by atoms with Gasteiger partial charge in [-0.05, 0) is 42.9 Å². The second-order valence-electron chi connectivity index (χ2n) is 8.51. The Labute approximate surface area is 192 Å². The van der Waals surface area contributed by atoms with Crippen molar-refractivity contribution in [3.8, 4) is 6.07 Å². The SMILES string of the molecule is N#Cc1ccccc1Cn1c(N2CCCCC2)nc2ncn(CC3=CC=CC=CC3)c2c1=O. The molecule has 0 saturated carbocycles. The fraction of sp³-hybridized carbons (Fsp3) is 0.308. The van der Waals surface area contributed by atoms with E-state index in [2.05, 4.69) is 28.1 Å². The van der Waals surface area contributed by atoms with Gasteiger partial charge in [-0.2, -0.15) is 10.2 Å². The molecule has 2 aromatic heterocycles. The van der Waals surface area contributed by atoms with Gasteiger partial charge in [0.1, 0.15) is 0 Å². The molecule has 7 heteroatoms. The Morgan fingerprint density at radius 2 is 1.88 bits per heavy atom. The monoisotopic (exact) mass is 438 g/mol. The molecule has 1 saturated heterocycles. The van der Waals surface area contributed by atoms with Crippen molar-refractivity contribution < 1.29 is 0 Å². The number of nitrogens with zero attached hydrogens (tertiary/aromatic N) is 6. The minimum atomic E-state index is -0.119. The number of piperidine rings is 1. The zero-order chi connectivity index (χ0) is 22.6. The molecule has 7 nitrogen and oxygen atoms in total. The second kappa shape index (κ2) is 9.29. The van der Waals surface area contributed by atoms with Crippen molar-refractivity contribution >= 4 is 17.1 Å². The average molecular weight is 439 g/mol. The van der Waals surface area contributed by atoms with E-state index in [0.29, 0.717) is 35.8 Å². The van der Waals surface area contributed by atoms with Gasteiger partial charge in [0, 0.05) is 19.6 Å². The molecule has 5 rings (SSSR count). The van der Waals surface area contributed by atoms with E-state index in [9.17, 15) is 10.1 Å². The molecule has 166 valence electrons. The molecule has 1 aliphatic heterocycles. The molecular weight excluding hydrogens is 412 g/mol. The van der Waals surface area contributed by atoms with Crippen LogP contribution in [0.15, 0.2) is 71.3 Å². The average Bonchev–Trinajstić information content (AvgIpc) is 3.07. The van der Waals surface area contributed by atoms with Crippen LogP contribution in [0.2, 0.25) is 0 Å². The summed E-state index contributed by atoms with van der Waals surface area (Å²) in [6, 6.07) is 9.69. The number of anilines is 1. The zero-order valence-corrected chi connectivity index (χ0v) is 18.5. The molecule has 3 aromatic rings. The van der Waals surface area contributed by atoms with Crippen LogP contribution >= 0.6 is 0 Å². The molecule has 0 N–H and O–H groups in total. The van der Waals surface area contributed by atoms with Crippen molar-refractivity contribution in [2.24, 2.45) is 0 Å². The van der Waals surface area contributed by atoms with Crippen molar-refractivity contribution in [3.63, 3.8) is 0 Å². The van der Waals surface area contributed by atoms with E-state index in [0.717, 1.165) is 37.9 Å². The summed E-state index contributed by atoms with van der Waals surface area (Å²) in [5, 5.41) is 9.58. The van der Waals surface area contributed by atoms with E-state index in [1.807, 2.05) is 41.0 Å². The molecule has 0 radical (unpaired) electrons. The summed E-state index contributed by atoms with van der Waals surface area (Å²) < 4.78 is 3.62. The van der Waals surface area contributed by atoms with Crippen LogP contribution in [0, 0.1) is 11.3 Å². The van der Waals surface area contributed by atoms with Crippen LogP contribution in [0.25, 0.3) is 11.2 Å². The highest BCUT2D eigenvalue weighted by molar-refractivity contribution is 5.71. The highest BCUT2D eigenvalue weighted by Crippen LogP contribution is 2.22. The van der Waals surface area contributed by atoms with E-state index in [-0.39, 0.29) is 5.56 Å². The van der Waals surface area contributed by atoms with E-state index in [4.69, 9.17) is 4.98 Å². The van der Waals surface area contributed by atoms with Crippen LogP contribution in [-0.2, 0) is 13.1 Å². The van der Waals surface area contributed by atoms with E-state index in [1.54, 1.807) is 17.0 Å². The summed E-state index contributed by atoms with van der Waals surface area (Å²) in [6.07, 6.45) is 16.1. The summed E-state index contributed by atoms with van der Waals surface area (Å²) in [4.78, 5) is 25.4. The van der Waals surface area contributed by atoms with Crippen LogP contribution in [0.5, 0.6) is 0 Å². The molecule has 0 bridgehead atoms. The van der Waals surface area contributed by atoms with Gasteiger partial charge >= 0.3 is 0 Å². The van der Waals surface area contributed by atoms with Crippen molar-refractivity contribution in [3.05, 3.63) is 88.0 Å². The van der Waals surface area contributed by atoms with Crippen LogP contribution in [0.3, 0.4) is 0 Å². The highest BCUT2D eigenvalue weighted by atomic mass is 16.1. The molecule has 0 unspecified atom stereocenters. The van der Waals surface area contributed by atoms with Gasteiger partial charge in [0.15, 0.2) is 11.2 Å². The largest absolute Gasteiger partial charge is 0.342 e. The fourth-order valence-corrected chi connectivity index (χ4v) is 4.54. The smallest absolute Gasteiger partial charge is 0.281 e. The van der Waals surface area contributed by atoms with E-state index in [1.165, 1.54) is 12.0 Å². The Kier molecular flexibility index (Phi) is 5.90. The minimum absolute atomic E-state index is 0.119. The number of hydrogen-bond acceptors (Lipinski definition) is 5. The topological polar surface area (TPSA) is 79.7 Å². The summed E-state index contributed by atoms with van der Waals surface area (Å²) in [5.74, 6) is 0.643. The molecule has 0 spiro atoms. The summed E-state index contributed by atoms with van der Waals surface area (Å²) in [5.41, 5.74) is 3.44. The lowest BCUT2D eigenvalue weighted by atomic mass is 10.1. The molecule has 1 fully saturated rings. The van der Waals surface area contributed by atoms with Crippen LogP contribution < -0.4 is 10.5 Å². The van der Waals surface area contributed by atoms with Crippen molar-refractivity contribution in [1.29, 1.82) is 5.26 Å². The van der Waals surface area contributed by atoms with E-state index < -0.39 is 0 Å². The molecule has 1 aliphatic carbocycles. The lowest BCUT2D eigenvalue weighted by Gasteiger charge is -2.29. The van der Waals surface area contributed by atoms with Gasteiger partial charge in [0.2, 0.25) is 5.95 Å². The Hall–Kier alpha value is -3.92. The highest BCUT2D eigenvalue weighted by Gasteiger charge is 2.22. The number of aromatic nitrogens is 4. The second-order valence-corrected chi connectivity index (χ2v) is 8.51. The third kappa shape index (κ3) is 4.24. The first kappa shape index (κ1) is 21.0. The maximum absolute atomic E-state index is 13.9. The number of hydrogen-bond donors (Lipinski definition) is 0. The van der Waals surface area contributed by atoms with Gasteiger partial charge in [-0.25, -0.2) is 4.98 Å². The molecule has 3 heterocycles. The maximum atomic E-state index is 13.9. The third-order valence-electron chi connectivity index (χ3n) is 6.26. The minimum Gasteiger partial charge on any atom is -0.342 e. The maximum Gasteiger partial charge on any atom is 0.281 e. The molecule has 2 aliphatic rings. The van der Waals surface area contributed by atoms with Crippen molar-refractivity contribution in [1.82, 2.24) is 19.1 Å². The molecule has 33 heavy (non-hydrogen) atoms. The summed E-state index contributed by atoms with van der Waals surface area (Å²) in [6.45, 7) is 2.62. The predicted molar refractivity (Wildman–Crippen MR) is 129 cm³/mol. The Morgan fingerprint density at radius 3 is 2.73 bits per heavy atom. The van der Waals surface area contributed by atoms with Crippen LogP contribution in [0.1, 0.15) is 36.8 Å². The Morgan fingerprint density at radius 1 is 1.03 bits per heavy atom.